The van der Waals surface area contributed by atoms with E-state index in [-0.39, 0.29) is 0 Å². The third kappa shape index (κ3) is 5.06. The Bertz CT molecular complexity index is 2210. The number of hydrogen-bond donors (Lipinski definition) is 2. The van der Waals surface area contributed by atoms with Crippen molar-refractivity contribution in [2.45, 2.75) is 0 Å². The summed E-state index contributed by atoms with van der Waals surface area (Å²) in [4.78, 5) is 0. The second kappa shape index (κ2) is 11.8. The fraction of sp³-hybridized carbons (Fsp3) is 0. The highest BCUT2D eigenvalue weighted by atomic mass is 14.9. The predicted octanol–water partition coefficient (Wildman–Crippen LogP) is 12.0. The topological polar surface area (TPSA) is 38.0 Å². The standard InChI is InChI=1S/C44H32N2/c45-41-21-11-12-22-42(41)46-36-25-23-32(24-26-36)43-37-17-7-9-19-39(37)44(40-20-10-8-18-38(40)43)35-28-33(30-13-3-1-4-14-30)27-34(29-35)31-15-5-2-6-16-31/h1-29,46H,45H2. The van der Waals surface area contributed by atoms with Crippen molar-refractivity contribution >= 4 is 38.6 Å². The van der Waals surface area contributed by atoms with E-state index < -0.39 is 0 Å². The van der Waals surface area contributed by atoms with Crippen LogP contribution in [0, 0.1) is 0 Å². The van der Waals surface area contributed by atoms with Gasteiger partial charge < -0.3 is 11.1 Å². The van der Waals surface area contributed by atoms with Gasteiger partial charge in [-0.1, -0.05) is 133 Å². The molecule has 8 rings (SSSR count). The molecule has 0 fully saturated rings. The first-order valence-electron chi connectivity index (χ1n) is 15.6. The van der Waals surface area contributed by atoms with E-state index in [1.54, 1.807) is 0 Å². The molecule has 0 aliphatic heterocycles. The summed E-state index contributed by atoms with van der Waals surface area (Å²) >= 11 is 0. The Morgan fingerprint density at radius 3 is 1.24 bits per heavy atom. The third-order valence-electron chi connectivity index (χ3n) is 8.78. The number of benzene rings is 8. The van der Waals surface area contributed by atoms with Crippen LogP contribution in [0.2, 0.25) is 0 Å². The molecule has 0 aromatic heterocycles. The lowest BCUT2D eigenvalue weighted by Gasteiger charge is -2.19. The number of nitrogens with one attached hydrogen (secondary N) is 1. The van der Waals surface area contributed by atoms with E-state index in [1.807, 2.05) is 24.3 Å². The van der Waals surface area contributed by atoms with E-state index in [0.29, 0.717) is 0 Å². The van der Waals surface area contributed by atoms with Gasteiger partial charge in [-0.2, -0.15) is 0 Å². The van der Waals surface area contributed by atoms with Crippen LogP contribution in [0.3, 0.4) is 0 Å². The zero-order valence-corrected chi connectivity index (χ0v) is 25.3. The van der Waals surface area contributed by atoms with Crippen LogP contribution in [0.15, 0.2) is 176 Å². The Hall–Kier alpha value is -6.12. The van der Waals surface area contributed by atoms with Gasteiger partial charge in [0.05, 0.1) is 11.4 Å². The van der Waals surface area contributed by atoms with Gasteiger partial charge >= 0.3 is 0 Å². The highest BCUT2D eigenvalue weighted by Gasteiger charge is 2.18. The van der Waals surface area contributed by atoms with Gasteiger partial charge in [0, 0.05) is 5.69 Å². The molecule has 8 aromatic carbocycles. The molecule has 0 saturated heterocycles. The van der Waals surface area contributed by atoms with Gasteiger partial charge in [0.2, 0.25) is 0 Å². The minimum atomic E-state index is 0.728. The smallest absolute Gasteiger partial charge is 0.0617 e. The van der Waals surface area contributed by atoms with E-state index in [0.717, 1.165) is 17.1 Å². The number of nitrogens with two attached hydrogens (primary N) is 1. The molecule has 46 heavy (non-hydrogen) atoms. The lowest BCUT2D eigenvalue weighted by atomic mass is 9.84. The zero-order chi connectivity index (χ0) is 30.9. The highest BCUT2D eigenvalue weighted by Crippen LogP contribution is 2.45. The zero-order valence-electron chi connectivity index (χ0n) is 25.3. The van der Waals surface area contributed by atoms with Gasteiger partial charge in [0.1, 0.15) is 0 Å². The second-order valence-corrected chi connectivity index (χ2v) is 11.7. The summed E-state index contributed by atoms with van der Waals surface area (Å²) in [5.41, 5.74) is 18.5. The molecule has 0 atom stereocenters. The maximum atomic E-state index is 6.20. The Kier molecular flexibility index (Phi) is 7.01. The number of para-hydroxylation sites is 2. The maximum Gasteiger partial charge on any atom is 0.0617 e. The fourth-order valence-electron chi connectivity index (χ4n) is 6.60. The summed E-state index contributed by atoms with van der Waals surface area (Å²) < 4.78 is 0. The van der Waals surface area contributed by atoms with Gasteiger partial charge in [-0.05, 0) is 109 Å². The Morgan fingerprint density at radius 1 is 0.326 bits per heavy atom. The second-order valence-electron chi connectivity index (χ2n) is 11.7. The van der Waals surface area contributed by atoms with Gasteiger partial charge in [0.15, 0.2) is 0 Å². The molecule has 2 heteroatoms. The summed E-state index contributed by atoms with van der Waals surface area (Å²) in [5, 5.41) is 8.40. The lowest BCUT2D eigenvalue weighted by Crippen LogP contribution is -1.96. The molecule has 0 heterocycles. The summed E-state index contributed by atoms with van der Waals surface area (Å²) in [6, 6.07) is 62.6. The van der Waals surface area contributed by atoms with E-state index in [9.17, 15) is 0 Å². The monoisotopic (exact) mass is 588 g/mol. The van der Waals surface area contributed by atoms with Crippen molar-refractivity contribution in [3.05, 3.63) is 176 Å². The Labute approximate surface area is 269 Å². The van der Waals surface area contributed by atoms with Crippen LogP contribution in [0.1, 0.15) is 0 Å². The van der Waals surface area contributed by atoms with Crippen LogP contribution in [0.4, 0.5) is 17.1 Å². The van der Waals surface area contributed by atoms with E-state index in [1.165, 1.54) is 66.1 Å². The number of fused-ring (bicyclic) bond motifs is 2. The van der Waals surface area contributed by atoms with Crippen LogP contribution >= 0.6 is 0 Å². The lowest BCUT2D eigenvalue weighted by molar-refractivity contribution is 1.54. The third-order valence-corrected chi connectivity index (χ3v) is 8.78. The van der Waals surface area contributed by atoms with Crippen molar-refractivity contribution in [3.8, 4) is 44.5 Å². The maximum absolute atomic E-state index is 6.20. The Balaban J connectivity index is 1.34. The number of hydrogen-bond acceptors (Lipinski definition) is 2. The Morgan fingerprint density at radius 2 is 0.739 bits per heavy atom. The average molecular weight is 589 g/mol. The van der Waals surface area contributed by atoms with Crippen LogP contribution in [0.25, 0.3) is 66.1 Å². The summed E-state index contributed by atoms with van der Waals surface area (Å²) in [5.74, 6) is 0. The minimum Gasteiger partial charge on any atom is -0.397 e. The largest absolute Gasteiger partial charge is 0.397 e. The predicted molar refractivity (Wildman–Crippen MR) is 197 cm³/mol. The van der Waals surface area contributed by atoms with Gasteiger partial charge in [-0.15, -0.1) is 0 Å². The summed E-state index contributed by atoms with van der Waals surface area (Å²) in [6.45, 7) is 0. The summed E-state index contributed by atoms with van der Waals surface area (Å²) in [6.07, 6.45) is 0. The molecule has 3 N–H and O–H groups in total. The van der Waals surface area contributed by atoms with Crippen LogP contribution in [-0.2, 0) is 0 Å². The van der Waals surface area contributed by atoms with Crippen molar-refractivity contribution in [2.24, 2.45) is 0 Å². The molecule has 0 saturated carbocycles. The van der Waals surface area contributed by atoms with Gasteiger partial charge in [0.25, 0.3) is 0 Å². The normalized spacial score (nSPS) is 11.1. The molecule has 2 nitrogen and oxygen atoms in total. The number of anilines is 3. The molecule has 0 spiro atoms. The van der Waals surface area contributed by atoms with E-state index >= 15 is 0 Å². The van der Waals surface area contributed by atoms with Crippen LogP contribution in [-0.4, -0.2) is 0 Å². The molecule has 0 bridgehead atoms. The van der Waals surface area contributed by atoms with Crippen molar-refractivity contribution < 1.29 is 0 Å². The number of nitrogen functional groups attached to an aromatic ring is 1. The molecule has 0 aliphatic rings. The average Bonchev–Trinajstić information content (AvgIpc) is 3.12. The molecule has 0 unspecified atom stereocenters. The molecule has 0 aliphatic carbocycles. The van der Waals surface area contributed by atoms with Crippen LogP contribution < -0.4 is 11.1 Å². The first-order chi connectivity index (χ1) is 22.7. The van der Waals surface area contributed by atoms with E-state index in [4.69, 9.17) is 5.73 Å². The minimum absolute atomic E-state index is 0.728. The molecular weight excluding hydrogens is 556 g/mol. The SMILES string of the molecule is Nc1ccccc1Nc1ccc(-c2c3ccccc3c(-c3cc(-c4ccccc4)cc(-c4ccccc4)c3)c3ccccc23)cc1. The van der Waals surface area contributed by atoms with E-state index in [2.05, 4.69) is 157 Å². The van der Waals surface area contributed by atoms with Crippen LogP contribution in [0.5, 0.6) is 0 Å². The van der Waals surface area contributed by atoms with Gasteiger partial charge in [-0.25, -0.2) is 0 Å². The van der Waals surface area contributed by atoms with Gasteiger partial charge in [-0.3, -0.25) is 0 Å². The first-order valence-corrected chi connectivity index (χ1v) is 15.6. The van der Waals surface area contributed by atoms with Crippen molar-refractivity contribution in [2.75, 3.05) is 11.1 Å². The number of rotatable bonds is 6. The first kappa shape index (κ1) is 27.4. The van der Waals surface area contributed by atoms with Crippen molar-refractivity contribution in [1.29, 1.82) is 0 Å². The summed E-state index contributed by atoms with van der Waals surface area (Å²) in [7, 11) is 0. The molecule has 0 radical (unpaired) electrons. The molecule has 218 valence electrons. The molecule has 0 amide bonds. The quantitative estimate of drug-likeness (QED) is 0.150. The molecule has 8 aromatic rings. The van der Waals surface area contributed by atoms with Crippen molar-refractivity contribution in [1.82, 2.24) is 0 Å². The highest BCUT2D eigenvalue weighted by molar-refractivity contribution is 6.21. The van der Waals surface area contributed by atoms with Crippen molar-refractivity contribution in [3.63, 3.8) is 0 Å². The molecular formula is C44H32N2. The fourth-order valence-corrected chi connectivity index (χ4v) is 6.60.